The highest BCUT2D eigenvalue weighted by atomic mass is 32.2. The Morgan fingerprint density at radius 1 is 1.25 bits per heavy atom. The minimum absolute atomic E-state index is 0.00653. The Balaban J connectivity index is 1.89. The molecule has 1 aromatic carbocycles. The fourth-order valence-electron chi connectivity index (χ4n) is 3.00. The van der Waals surface area contributed by atoms with Gasteiger partial charge in [-0.15, -0.1) is 0 Å². The molecule has 0 aliphatic carbocycles. The predicted molar refractivity (Wildman–Crippen MR) is 81.5 cm³/mol. The second-order valence-corrected chi connectivity index (χ2v) is 7.32. The molecule has 5 nitrogen and oxygen atoms in total. The molecule has 1 fully saturated rings. The first-order valence-corrected chi connectivity index (χ1v) is 8.59. The number of benzene rings is 1. The molecule has 0 saturated carbocycles. The zero-order valence-corrected chi connectivity index (χ0v) is 12.5. The van der Waals surface area contributed by atoms with Crippen LogP contribution in [0, 0.1) is 0 Å². The fourth-order valence-corrected chi connectivity index (χ4v) is 4.13. The Morgan fingerprint density at radius 3 is 2.75 bits per heavy atom. The topological polar surface area (TPSA) is 56.4 Å². The number of hydrogen-bond acceptors (Lipinski definition) is 3. The number of fused-ring (bicyclic) bond motifs is 1. The van der Waals surface area contributed by atoms with Gasteiger partial charge in [0.15, 0.2) is 0 Å². The monoisotopic (exact) mass is 293 g/mol. The normalized spacial score (nSPS) is 21.5. The summed E-state index contributed by atoms with van der Waals surface area (Å²) in [5, 5.41) is 1.19. The summed E-state index contributed by atoms with van der Waals surface area (Å²) in [6.45, 7) is 3.95. The third-order valence-corrected chi connectivity index (χ3v) is 5.30. The van der Waals surface area contributed by atoms with Crippen LogP contribution in [0.2, 0.25) is 0 Å². The van der Waals surface area contributed by atoms with Crippen LogP contribution in [0.3, 0.4) is 0 Å². The zero-order valence-electron chi connectivity index (χ0n) is 11.7. The number of piperazine rings is 1. The molecule has 1 aromatic heterocycles. The van der Waals surface area contributed by atoms with Crippen molar-refractivity contribution in [2.75, 3.05) is 30.8 Å². The highest BCUT2D eigenvalue weighted by molar-refractivity contribution is 7.88. The summed E-state index contributed by atoms with van der Waals surface area (Å²) in [4.78, 5) is 5.48. The smallest absolute Gasteiger partial charge is 0.211 e. The first kappa shape index (κ1) is 13.5. The van der Waals surface area contributed by atoms with Crippen molar-refractivity contribution in [2.24, 2.45) is 0 Å². The largest absolute Gasteiger partial charge is 0.368 e. The molecule has 1 aliphatic rings. The van der Waals surface area contributed by atoms with Crippen LogP contribution < -0.4 is 4.90 Å². The van der Waals surface area contributed by atoms with E-state index in [0.717, 1.165) is 18.6 Å². The highest BCUT2D eigenvalue weighted by Crippen LogP contribution is 2.28. The molecule has 2 heterocycles. The average Bonchev–Trinajstić information content (AvgIpc) is 2.85. The summed E-state index contributed by atoms with van der Waals surface area (Å²) < 4.78 is 25.0. The molecular weight excluding hydrogens is 274 g/mol. The summed E-state index contributed by atoms with van der Waals surface area (Å²) in [7, 11) is -3.11. The molecule has 1 N–H and O–H groups in total. The van der Waals surface area contributed by atoms with Crippen molar-refractivity contribution in [2.45, 2.75) is 13.0 Å². The van der Waals surface area contributed by atoms with Crippen molar-refractivity contribution in [1.29, 1.82) is 0 Å². The van der Waals surface area contributed by atoms with E-state index in [4.69, 9.17) is 0 Å². The maximum Gasteiger partial charge on any atom is 0.211 e. The molecular formula is C14H19N3O2S. The molecule has 3 rings (SSSR count). The van der Waals surface area contributed by atoms with Gasteiger partial charge in [0.05, 0.1) is 6.26 Å². The number of hydrogen-bond donors (Lipinski definition) is 1. The third-order valence-electron chi connectivity index (χ3n) is 3.91. The molecule has 1 unspecified atom stereocenters. The van der Waals surface area contributed by atoms with Gasteiger partial charge in [0.25, 0.3) is 0 Å². The molecule has 0 spiro atoms. The minimum Gasteiger partial charge on any atom is -0.368 e. The lowest BCUT2D eigenvalue weighted by Gasteiger charge is -2.39. The van der Waals surface area contributed by atoms with Crippen LogP contribution in [0.15, 0.2) is 30.5 Å². The zero-order chi connectivity index (χ0) is 14.3. The van der Waals surface area contributed by atoms with Gasteiger partial charge < -0.3 is 9.88 Å². The number of nitrogens with zero attached hydrogens (tertiary/aromatic N) is 2. The van der Waals surface area contributed by atoms with Crippen LogP contribution in [0.4, 0.5) is 5.69 Å². The van der Waals surface area contributed by atoms with Crippen molar-refractivity contribution in [1.82, 2.24) is 9.29 Å². The number of sulfonamides is 1. The number of nitrogens with one attached hydrogen (secondary N) is 1. The lowest BCUT2D eigenvalue weighted by atomic mass is 10.1. The van der Waals surface area contributed by atoms with Gasteiger partial charge in [-0.05, 0) is 25.1 Å². The lowest BCUT2D eigenvalue weighted by molar-refractivity contribution is 0.309. The SMILES string of the molecule is CC1CN(c2cccc3[nH]ccc23)CCN1S(C)(=O)=O. The Hall–Kier alpha value is -1.53. The van der Waals surface area contributed by atoms with E-state index in [2.05, 4.69) is 28.1 Å². The maximum absolute atomic E-state index is 11.7. The van der Waals surface area contributed by atoms with E-state index in [9.17, 15) is 8.42 Å². The van der Waals surface area contributed by atoms with E-state index >= 15 is 0 Å². The van der Waals surface area contributed by atoms with Gasteiger partial charge in [-0.3, -0.25) is 0 Å². The van der Waals surface area contributed by atoms with Crippen molar-refractivity contribution in [3.63, 3.8) is 0 Å². The van der Waals surface area contributed by atoms with Crippen molar-refractivity contribution in [3.8, 4) is 0 Å². The Kier molecular flexibility index (Phi) is 3.22. The second-order valence-electron chi connectivity index (χ2n) is 5.38. The first-order valence-electron chi connectivity index (χ1n) is 6.74. The summed E-state index contributed by atoms with van der Waals surface area (Å²) in [5.41, 5.74) is 2.28. The molecule has 2 aromatic rings. The Morgan fingerprint density at radius 2 is 2.05 bits per heavy atom. The van der Waals surface area contributed by atoms with Gasteiger partial charge in [0.2, 0.25) is 10.0 Å². The number of H-pyrrole nitrogens is 1. The number of anilines is 1. The van der Waals surface area contributed by atoms with Crippen LogP contribution in [0.25, 0.3) is 10.9 Å². The van der Waals surface area contributed by atoms with Gasteiger partial charge in [-0.2, -0.15) is 4.31 Å². The Bertz CT molecular complexity index is 723. The van der Waals surface area contributed by atoms with Crippen LogP contribution in [0.1, 0.15) is 6.92 Å². The third kappa shape index (κ3) is 2.29. The van der Waals surface area contributed by atoms with Crippen molar-refractivity contribution < 1.29 is 8.42 Å². The van der Waals surface area contributed by atoms with Gasteiger partial charge >= 0.3 is 0 Å². The summed E-state index contributed by atoms with van der Waals surface area (Å²) >= 11 is 0. The molecule has 1 aliphatic heterocycles. The molecule has 20 heavy (non-hydrogen) atoms. The second kappa shape index (κ2) is 4.79. The van der Waals surface area contributed by atoms with E-state index in [1.165, 1.54) is 17.3 Å². The lowest BCUT2D eigenvalue weighted by Crippen LogP contribution is -2.53. The number of aromatic nitrogens is 1. The van der Waals surface area contributed by atoms with Gasteiger partial charge in [0.1, 0.15) is 0 Å². The molecule has 0 amide bonds. The van der Waals surface area contributed by atoms with E-state index in [1.807, 2.05) is 19.2 Å². The molecule has 1 atom stereocenters. The molecule has 0 bridgehead atoms. The Labute approximate surface area is 119 Å². The van der Waals surface area contributed by atoms with Crippen molar-refractivity contribution in [3.05, 3.63) is 30.5 Å². The standard InChI is InChI=1S/C14H19N3O2S/c1-11-10-16(8-9-17(11)20(2,18)19)14-5-3-4-13-12(14)6-7-15-13/h3-7,11,15H,8-10H2,1-2H3. The average molecular weight is 293 g/mol. The predicted octanol–water partition coefficient (Wildman–Crippen LogP) is 1.64. The van der Waals surface area contributed by atoms with E-state index in [0.29, 0.717) is 6.54 Å². The summed E-state index contributed by atoms with van der Waals surface area (Å²) in [6, 6.07) is 8.24. The molecule has 1 saturated heterocycles. The first-order chi connectivity index (χ1) is 9.47. The molecule has 108 valence electrons. The van der Waals surface area contributed by atoms with Crippen LogP contribution in [0.5, 0.6) is 0 Å². The van der Waals surface area contributed by atoms with Crippen LogP contribution in [-0.2, 0) is 10.0 Å². The minimum atomic E-state index is -3.11. The highest BCUT2D eigenvalue weighted by Gasteiger charge is 2.30. The van der Waals surface area contributed by atoms with Crippen molar-refractivity contribution >= 4 is 26.6 Å². The van der Waals surface area contributed by atoms with Crippen LogP contribution >= 0.6 is 0 Å². The number of rotatable bonds is 2. The van der Waals surface area contributed by atoms with Crippen LogP contribution in [-0.4, -0.2) is 49.6 Å². The van der Waals surface area contributed by atoms with E-state index in [1.54, 1.807) is 4.31 Å². The maximum atomic E-state index is 11.7. The quantitative estimate of drug-likeness (QED) is 0.916. The van der Waals surface area contributed by atoms with Gasteiger partial charge in [0, 0.05) is 48.5 Å². The van der Waals surface area contributed by atoms with E-state index < -0.39 is 10.0 Å². The van der Waals surface area contributed by atoms with Gasteiger partial charge in [-0.25, -0.2) is 8.42 Å². The van der Waals surface area contributed by atoms with Gasteiger partial charge in [-0.1, -0.05) is 6.07 Å². The fraction of sp³-hybridized carbons (Fsp3) is 0.429. The number of aromatic amines is 1. The summed E-state index contributed by atoms with van der Waals surface area (Å²) in [5.74, 6) is 0. The van der Waals surface area contributed by atoms with E-state index in [-0.39, 0.29) is 6.04 Å². The molecule has 0 radical (unpaired) electrons. The molecule has 6 heteroatoms. The summed E-state index contributed by atoms with van der Waals surface area (Å²) in [6.07, 6.45) is 3.22.